The Balaban J connectivity index is 2.59. The van der Waals surface area contributed by atoms with Crippen LogP contribution >= 0.6 is 0 Å². The third-order valence-electron chi connectivity index (χ3n) is 2.18. The molecule has 4 nitrogen and oxygen atoms in total. The van der Waals surface area contributed by atoms with Crippen molar-refractivity contribution < 1.29 is 0 Å². The van der Waals surface area contributed by atoms with Crippen LogP contribution in [0.2, 0.25) is 0 Å². The van der Waals surface area contributed by atoms with E-state index in [9.17, 15) is 0 Å². The number of unbranched alkanes of at least 4 members (excludes halogenated alkanes) is 2. The number of nitrogens with two attached hydrogens (primary N) is 2. The zero-order valence-corrected chi connectivity index (χ0v) is 10.6. The van der Waals surface area contributed by atoms with E-state index >= 15 is 0 Å². The fourth-order valence-electron chi connectivity index (χ4n) is 1.24. The molecule has 1 rings (SSSR count). The molecule has 0 heterocycles. The highest BCUT2D eigenvalue weighted by Crippen LogP contribution is 2.01. The smallest absolute Gasteiger partial charge is 0.211 e. The number of benzene rings is 1. The lowest BCUT2D eigenvalue weighted by atomic mass is 10.1. The predicted molar refractivity (Wildman–Crippen MR) is 76.2 cm³/mol. The molecule has 4 N–H and O–H groups in total. The first-order valence-electron chi connectivity index (χ1n) is 5.93. The van der Waals surface area contributed by atoms with Gasteiger partial charge in [-0.1, -0.05) is 37.3 Å². The van der Waals surface area contributed by atoms with Crippen LogP contribution in [-0.2, 0) is 0 Å². The zero-order chi connectivity index (χ0) is 13.2. The summed E-state index contributed by atoms with van der Waals surface area (Å²) in [7, 11) is 0. The highest BCUT2D eigenvalue weighted by Gasteiger charge is 1.88. The third-order valence-corrected chi connectivity index (χ3v) is 2.18. The Morgan fingerprint density at radius 2 is 2.00 bits per heavy atom. The van der Waals surface area contributed by atoms with Crippen LogP contribution in [0.15, 0.2) is 34.5 Å². The van der Waals surface area contributed by atoms with Gasteiger partial charge in [0.15, 0.2) is 0 Å². The Hall–Kier alpha value is -2.28. The Morgan fingerprint density at radius 3 is 2.61 bits per heavy atom. The second-order valence-electron chi connectivity index (χ2n) is 3.80. The summed E-state index contributed by atoms with van der Waals surface area (Å²) in [4.78, 5) is 0. The lowest BCUT2D eigenvalue weighted by molar-refractivity contribution is 0.828. The van der Waals surface area contributed by atoms with Crippen molar-refractivity contribution in [2.45, 2.75) is 26.2 Å². The predicted octanol–water partition coefficient (Wildman–Crippen LogP) is 1.84. The molecule has 0 radical (unpaired) electrons. The Kier molecular flexibility index (Phi) is 6.05. The fourth-order valence-corrected chi connectivity index (χ4v) is 1.24. The average molecular weight is 242 g/mol. The van der Waals surface area contributed by atoms with E-state index in [2.05, 4.69) is 29.0 Å². The van der Waals surface area contributed by atoms with Gasteiger partial charge in [-0.25, -0.2) is 0 Å². The number of nitrogens with zero attached hydrogens (tertiary/aromatic N) is 2. The van der Waals surface area contributed by atoms with Gasteiger partial charge in [0.1, 0.15) is 0 Å². The van der Waals surface area contributed by atoms with E-state index in [0.717, 1.165) is 24.0 Å². The van der Waals surface area contributed by atoms with Gasteiger partial charge in [0, 0.05) is 12.0 Å². The molecule has 0 saturated carbocycles. The molecule has 0 saturated heterocycles. The SMILES string of the molecule is CCCCC#Cc1ccc(C=NN=C(N)N)cc1. The summed E-state index contributed by atoms with van der Waals surface area (Å²) in [6, 6.07) is 7.76. The van der Waals surface area contributed by atoms with Gasteiger partial charge in [0.2, 0.25) is 5.96 Å². The second kappa shape index (κ2) is 7.91. The van der Waals surface area contributed by atoms with Crippen molar-refractivity contribution in [3.05, 3.63) is 35.4 Å². The first-order valence-corrected chi connectivity index (χ1v) is 5.93. The molecule has 0 bridgehead atoms. The van der Waals surface area contributed by atoms with Crippen LogP contribution in [-0.4, -0.2) is 12.2 Å². The van der Waals surface area contributed by atoms with E-state index in [1.54, 1.807) is 6.21 Å². The lowest BCUT2D eigenvalue weighted by Gasteiger charge is -1.93. The summed E-state index contributed by atoms with van der Waals surface area (Å²) >= 11 is 0. The van der Waals surface area contributed by atoms with Crippen LogP contribution in [0, 0.1) is 11.8 Å². The van der Waals surface area contributed by atoms with Gasteiger partial charge in [-0.3, -0.25) is 0 Å². The molecule has 0 fully saturated rings. The van der Waals surface area contributed by atoms with Gasteiger partial charge in [-0.05, 0) is 24.1 Å². The molecule has 4 heteroatoms. The summed E-state index contributed by atoms with van der Waals surface area (Å²) in [5.41, 5.74) is 12.2. The van der Waals surface area contributed by atoms with Crippen LogP contribution in [0.5, 0.6) is 0 Å². The molecule has 18 heavy (non-hydrogen) atoms. The van der Waals surface area contributed by atoms with Crippen molar-refractivity contribution in [3.63, 3.8) is 0 Å². The molecule has 0 aliphatic heterocycles. The van der Waals surface area contributed by atoms with Crippen molar-refractivity contribution in [2.24, 2.45) is 21.7 Å². The van der Waals surface area contributed by atoms with E-state index in [0.29, 0.717) is 0 Å². The highest BCUT2D eigenvalue weighted by atomic mass is 15.3. The normalized spacial score (nSPS) is 9.83. The molecule has 0 aromatic heterocycles. The van der Waals surface area contributed by atoms with Crippen LogP contribution in [0.25, 0.3) is 0 Å². The largest absolute Gasteiger partial charge is 0.369 e. The van der Waals surface area contributed by atoms with Crippen molar-refractivity contribution in [1.29, 1.82) is 0 Å². The van der Waals surface area contributed by atoms with Gasteiger partial charge in [0.25, 0.3) is 0 Å². The van der Waals surface area contributed by atoms with Crippen LogP contribution in [0.3, 0.4) is 0 Å². The first-order chi connectivity index (χ1) is 8.72. The lowest BCUT2D eigenvalue weighted by Crippen LogP contribution is -2.21. The monoisotopic (exact) mass is 242 g/mol. The van der Waals surface area contributed by atoms with Crippen LogP contribution in [0.1, 0.15) is 37.3 Å². The molecular formula is C14H18N4. The third kappa shape index (κ3) is 5.71. The minimum atomic E-state index is -0.0512. The maximum absolute atomic E-state index is 5.16. The summed E-state index contributed by atoms with van der Waals surface area (Å²) in [5, 5.41) is 7.26. The summed E-state index contributed by atoms with van der Waals surface area (Å²) in [6.07, 6.45) is 4.86. The van der Waals surface area contributed by atoms with Gasteiger partial charge in [-0.2, -0.15) is 5.10 Å². The number of hydrogen-bond acceptors (Lipinski definition) is 2. The second-order valence-corrected chi connectivity index (χ2v) is 3.80. The maximum Gasteiger partial charge on any atom is 0.211 e. The molecule has 0 amide bonds. The fraction of sp³-hybridized carbons (Fsp3) is 0.286. The van der Waals surface area contributed by atoms with E-state index < -0.39 is 0 Å². The molecule has 0 aliphatic rings. The maximum atomic E-state index is 5.16. The van der Waals surface area contributed by atoms with Crippen molar-refractivity contribution >= 4 is 12.2 Å². The summed E-state index contributed by atoms with van der Waals surface area (Å²) < 4.78 is 0. The standard InChI is InChI=1S/C14H18N4/c1-2-3-4-5-6-12-7-9-13(10-8-12)11-17-18-14(15)16/h7-11H,2-4H2,1H3,(H4,15,16,18). The number of hydrogen-bond donors (Lipinski definition) is 2. The molecule has 1 aromatic carbocycles. The average Bonchev–Trinajstić information content (AvgIpc) is 2.36. The van der Waals surface area contributed by atoms with E-state index in [4.69, 9.17) is 11.5 Å². The summed E-state index contributed by atoms with van der Waals surface area (Å²) in [6.45, 7) is 2.16. The van der Waals surface area contributed by atoms with Gasteiger partial charge < -0.3 is 11.5 Å². The molecule has 0 aliphatic carbocycles. The molecule has 0 atom stereocenters. The Morgan fingerprint density at radius 1 is 1.28 bits per heavy atom. The molecule has 0 spiro atoms. The highest BCUT2D eigenvalue weighted by molar-refractivity contribution is 5.81. The van der Waals surface area contributed by atoms with Gasteiger partial charge >= 0.3 is 0 Å². The quantitative estimate of drug-likeness (QED) is 0.278. The molecule has 0 unspecified atom stereocenters. The topological polar surface area (TPSA) is 76.8 Å². The Bertz CT molecular complexity index is 471. The molecule has 94 valence electrons. The van der Waals surface area contributed by atoms with E-state index in [1.807, 2.05) is 24.3 Å². The molecular weight excluding hydrogens is 224 g/mol. The van der Waals surface area contributed by atoms with Crippen LogP contribution < -0.4 is 11.5 Å². The molecule has 1 aromatic rings. The van der Waals surface area contributed by atoms with E-state index in [1.165, 1.54) is 6.42 Å². The van der Waals surface area contributed by atoms with Crippen molar-refractivity contribution in [2.75, 3.05) is 0 Å². The minimum absolute atomic E-state index is 0.0512. The van der Waals surface area contributed by atoms with E-state index in [-0.39, 0.29) is 5.96 Å². The van der Waals surface area contributed by atoms with Gasteiger partial charge in [0.05, 0.1) is 6.21 Å². The number of rotatable bonds is 4. The Labute approximate surface area is 108 Å². The van der Waals surface area contributed by atoms with Crippen molar-refractivity contribution in [1.82, 2.24) is 0 Å². The minimum Gasteiger partial charge on any atom is -0.369 e. The summed E-state index contributed by atoms with van der Waals surface area (Å²) in [5.74, 6) is 6.21. The zero-order valence-electron chi connectivity index (χ0n) is 10.6. The number of guanidine groups is 1. The van der Waals surface area contributed by atoms with Crippen molar-refractivity contribution in [3.8, 4) is 11.8 Å². The van der Waals surface area contributed by atoms with Crippen LogP contribution in [0.4, 0.5) is 0 Å². The first kappa shape index (κ1) is 13.8. The van der Waals surface area contributed by atoms with Gasteiger partial charge in [-0.15, -0.1) is 5.10 Å².